The molecule has 0 bridgehead atoms. The summed E-state index contributed by atoms with van der Waals surface area (Å²) in [4.78, 5) is 0. The minimum absolute atomic E-state index is 0.0372. The van der Waals surface area contributed by atoms with E-state index in [9.17, 15) is 13.2 Å². The van der Waals surface area contributed by atoms with Crippen molar-refractivity contribution in [3.05, 3.63) is 64.8 Å². The van der Waals surface area contributed by atoms with E-state index in [2.05, 4.69) is 15.5 Å². The molecule has 24 heavy (non-hydrogen) atoms. The lowest BCUT2D eigenvalue weighted by atomic mass is 10.1. The van der Waals surface area contributed by atoms with E-state index in [1.54, 1.807) is 30.3 Å². The second-order valence-electron chi connectivity index (χ2n) is 4.93. The van der Waals surface area contributed by atoms with Crippen molar-refractivity contribution in [2.75, 3.05) is 5.32 Å². The lowest BCUT2D eigenvalue weighted by Crippen LogP contribution is -1.99. The summed E-state index contributed by atoms with van der Waals surface area (Å²) in [6.45, 7) is 0.481. The van der Waals surface area contributed by atoms with Crippen molar-refractivity contribution in [2.45, 2.75) is 13.0 Å². The molecule has 0 fully saturated rings. The third kappa shape index (κ3) is 3.68. The zero-order valence-electron chi connectivity index (χ0n) is 12.1. The third-order valence-corrected chi connectivity index (χ3v) is 3.53. The van der Waals surface area contributed by atoms with Gasteiger partial charge in [-0.2, -0.15) is 8.78 Å². The predicted molar refractivity (Wildman–Crippen MR) is 83.4 cm³/mol. The number of hydrogen-bond donors (Lipinski definition) is 1. The number of nitrogens with one attached hydrogen (secondary N) is 1. The number of hydrogen-bond acceptors (Lipinski definition) is 4. The molecule has 0 radical (unpaired) electrons. The van der Waals surface area contributed by atoms with Gasteiger partial charge in [0, 0.05) is 17.8 Å². The van der Waals surface area contributed by atoms with E-state index in [4.69, 9.17) is 16.0 Å². The third-order valence-electron chi connectivity index (χ3n) is 3.24. The van der Waals surface area contributed by atoms with Gasteiger partial charge < -0.3 is 9.73 Å². The van der Waals surface area contributed by atoms with Crippen molar-refractivity contribution in [2.24, 2.45) is 0 Å². The molecule has 0 atom stereocenters. The first kappa shape index (κ1) is 16.3. The fraction of sp³-hybridized carbons (Fsp3) is 0.125. The van der Waals surface area contributed by atoms with Crippen LogP contribution in [0.2, 0.25) is 5.02 Å². The van der Waals surface area contributed by atoms with Gasteiger partial charge in [-0.05, 0) is 35.9 Å². The van der Waals surface area contributed by atoms with Gasteiger partial charge in [-0.15, -0.1) is 10.2 Å². The van der Waals surface area contributed by atoms with Gasteiger partial charge in [0.1, 0.15) is 5.82 Å². The van der Waals surface area contributed by atoms with Crippen LogP contribution < -0.4 is 5.32 Å². The zero-order valence-corrected chi connectivity index (χ0v) is 12.9. The fourth-order valence-corrected chi connectivity index (χ4v) is 2.20. The van der Waals surface area contributed by atoms with Gasteiger partial charge >= 0.3 is 6.43 Å². The Hall–Kier alpha value is -2.54. The average Bonchev–Trinajstić information content (AvgIpc) is 3.07. The highest BCUT2D eigenvalue weighted by Gasteiger charge is 2.16. The number of rotatable bonds is 5. The van der Waals surface area contributed by atoms with Crippen LogP contribution in [0.4, 0.5) is 18.9 Å². The van der Waals surface area contributed by atoms with Crippen molar-refractivity contribution in [3.8, 4) is 11.5 Å². The molecule has 0 aliphatic rings. The molecule has 2 aromatic carbocycles. The van der Waals surface area contributed by atoms with Gasteiger partial charge in [0.2, 0.25) is 5.89 Å². The van der Waals surface area contributed by atoms with Crippen LogP contribution in [0, 0.1) is 5.82 Å². The first-order valence-electron chi connectivity index (χ1n) is 6.93. The van der Waals surface area contributed by atoms with Crippen molar-refractivity contribution in [1.29, 1.82) is 0 Å². The molecule has 0 saturated carbocycles. The van der Waals surface area contributed by atoms with Gasteiger partial charge in [0.05, 0.1) is 5.02 Å². The SMILES string of the molecule is Fc1ccc(NCc2ccc(-c3nnc(C(F)F)o3)cc2)cc1Cl. The van der Waals surface area contributed by atoms with E-state index < -0.39 is 18.1 Å². The molecule has 4 nitrogen and oxygen atoms in total. The number of nitrogens with zero attached hydrogens (tertiary/aromatic N) is 2. The van der Waals surface area contributed by atoms with Crippen LogP contribution in [0.15, 0.2) is 46.9 Å². The summed E-state index contributed by atoms with van der Waals surface area (Å²) in [5.74, 6) is -1.15. The molecule has 0 spiro atoms. The second-order valence-corrected chi connectivity index (χ2v) is 5.33. The minimum atomic E-state index is -2.79. The lowest BCUT2D eigenvalue weighted by Gasteiger charge is -2.07. The molecule has 0 aliphatic heterocycles. The number of aromatic nitrogens is 2. The Bertz CT molecular complexity index is 837. The van der Waals surface area contributed by atoms with E-state index in [1.807, 2.05) is 0 Å². The maximum atomic E-state index is 13.1. The van der Waals surface area contributed by atoms with Gasteiger partial charge in [-0.25, -0.2) is 4.39 Å². The van der Waals surface area contributed by atoms with E-state index in [1.165, 1.54) is 12.1 Å². The molecule has 0 aliphatic carbocycles. The van der Waals surface area contributed by atoms with E-state index in [0.717, 1.165) is 5.56 Å². The van der Waals surface area contributed by atoms with Crippen molar-refractivity contribution < 1.29 is 17.6 Å². The number of benzene rings is 2. The van der Waals surface area contributed by atoms with Crippen molar-refractivity contribution in [3.63, 3.8) is 0 Å². The Morgan fingerprint density at radius 1 is 1.08 bits per heavy atom. The van der Waals surface area contributed by atoms with Crippen molar-refractivity contribution in [1.82, 2.24) is 10.2 Å². The summed E-state index contributed by atoms with van der Waals surface area (Å²) in [5, 5.41) is 10.0. The van der Waals surface area contributed by atoms with Gasteiger partial charge in [-0.3, -0.25) is 0 Å². The van der Waals surface area contributed by atoms with E-state index in [0.29, 0.717) is 17.8 Å². The molecule has 0 saturated heterocycles. The normalized spacial score (nSPS) is 11.0. The number of anilines is 1. The molecule has 1 aromatic heterocycles. The molecule has 3 rings (SSSR count). The van der Waals surface area contributed by atoms with E-state index in [-0.39, 0.29) is 10.9 Å². The first-order chi connectivity index (χ1) is 11.5. The van der Waals surface area contributed by atoms with Crippen LogP contribution in [0.25, 0.3) is 11.5 Å². The summed E-state index contributed by atoms with van der Waals surface area (Å²) in [6, 6.07) is 11.3. The standard InChI is InChI=1S/C16H11ClF3N3O/c17-12-7-11(5-6-13(12)18)21-8-9-1-3-10(4-2-9)15-22-23-16(24-15)14(19)20/h1-7,14,21H,8H2. The molecular weight excluding hydrogens is 343 g/mol. The number of alkyl halides is 2. The Balaban J connectivity index is 1.66. The van der Waals surface area contributed by atoms with E-state index >= 15 is 0 Å². The molecular formula is C16H11ClF3N3O. The highest BCUT2D eigenvalue weighted by Crippen LogP contribution is 2.24. The minimum Gasteiger partial charge on any atom is -0.415 e. The lowest BCUT2D eigenvalue weighted by molar-refractivity contribution is 0.116. The van der Waals surface area contributed by atoms with Crippen LogP contribution >= 0.6 is 11.6 Å². The second kappa shape index (κ2) is 6.92. The molecule has 124 valence electrons. The Morgan fingerprint density at radius 2 is 1.83 bits per heavy atom. The molecule has 1 N–H and O–H groups in total. The first-order valence-corrected chi connectivity index (χ1v) is 7.30. The average molecular weight is 354 g/mol. The predicted octanol–water partition coefficient (Wildman–Crippen LogP) is 5.08. The quantitative estimate of drug-likeness (QED) is 0.695. The summed E-state index contributed by atoms with van der Waals surface area (Å²) < 4.78 is 42.9. The Kier molecular flexibility index (Phi) is 4.71. The molecule has 0 amide bonds. The van der Waals surface area contributed by atoms with Gasteiger partial charge in [0.25, 0.3) is 5.89 Å². The summed E-state index contributed by atoms with van der Waals surface area (Å²) in [6.07, 6.45) is -2.79. The van der Waals surface area contributed by atoms with Crippen LogP contribution in [0.1, 0.15) is 17.9 Å². The summed E-state index contributed by atoms with van der Waals surface area (Å²) in [5.41, 5.74) is 2.15. The largest absolute Gasteiger partial charge is 0.415 e. The topological polar surface area (TPSA) is 51.0 Å². The Labute approximate surface area is 140 Å². The molecule has 3 aromatic rings. The fourth-order valence-electron chi connectivity index (χ4n) is 2.01. The summed E-state index contributed by atoms with van der Waals surface area (Å²) in [7, 11) is 0. The molecule has 0 unspecified atom stereocenters. The smallest absolute Gasteiger partial charge is 0.314 e. The van der Waals surface area contributed by atoms with Crippen molar-refractivity contribution >= 4 is 17.3 Å². The zero-order chi connectivity index (χ0) is 17.1. The van der Waals surface area contributed by atoms with Crippen LogP contribution in [-0.2, 0) is 6.54 Å². The monoisotopic (exact) mass is 353 g/mol. The molecule has 1 heterocycles. The van der Waals surface area contributed by atoms with Crippen LogP contribution in [0.3, 0.4) is 0 Å². The van der Waals surface area contributed by atoms with Crippen LogP contribution in [0.5, 0.6) is 0 Å². The number of halogens is 4. The van der Waals surface area contributed by atoms with Crippen LogP contribution in [-0.4, -0.2) is 10.2 Å². The van der Waals surface area contributed by atoms with Gasteiger partial charge in [0.15, 0.2) is 0 Å². The highest BCUT2D eigenvalue weighted by atomic mass is 35.5. The van der Waals surface area contributed by atoms with Gasteiger partial charge in [-0.1, -0.05) is 23.7 Å². The summed E-state index contributed by atoms with van der Waals surface area (Å²) >= 11 is 5.72. The molecule has 8 heteroatoms. The Morgan fingerprint density at radius 3 is 2.46 bits per heavy atom. The highest BCUT2D eigenvalue weighted by molar-refractivity contribution is 6.31. The maximum Gasteiger partial charge on any atom is 0.314 e. The maximum absolute atomic E-state index is 13.1.